The second-order valence-corrected chi connectivity index (χ2v) is 6.96. The van der Waals surface area contributed by atoms with Crippen LogP contribution in [-0.4, -0.2) is 42.0 Å². The summed E-state index contributed by atoms with van der Waals surface area (Å²) in [6, 6.07) is 7.75. The third-order valence-electron chi connectivity index (χ3n) is 4.17. The highest BCUT2D eigenvalue weighted by molar-refractivity contribution is 5.93. The molecule has 6 heteroatoms. The van der Waals surface area contributed by atoms with Crippen LogP contribution in [0.4, 0.5) is 10.5 Å². The molecule has 1 unspecified atom stereocenters. The van der Waals surface area contributed by atoms with Gasteiger partial charge in [0.2, 0.25) is 5.91 Å². The number of nitrogens with zero attached hydrogens (tertiary/aromatic N) is 2. The molecule has 0 aliphatic carbocycles. The van der Waals surface area contributed by atoms with Crippen molar-refractivity contribution in [2.24, 2.45) is 11.8 Å². The van der Waals surface area contributed by atoms with Crippen LogP contribution in [0.25, 0.3) is 10.9 Å². The minimum Gasteiger partial charge on any atom is -0.359 e. The minimum absolute atomic E-state index is 0.0763. The average Bonchev–Trinajstić information content (AvgIpc) is 2.95. The summed E-state index contributed by atoms with van der Waals surface area (Å²) in [6.45, 7) is 7.51. The van der Waals surface area contributed by atoms with Gasteiger partial charge < -0.3 is 20.1 Å². The van der Waals surface area contributed by atoms with E-state index >= 15 is 0 Å². The lowest BCUT2D eigenvalue weighted by atomic mass is 10.1. The van der Waals surface area contributed by atoms with Crippen molar-refractivity contribution < 1.29 is 9.59 Å². The second kappa shape index (κ2) is 8.05. The van der Waals surface area contributed by atoms with Crippen LogP contribution in [0.3, 0.4) is 0 Å². The van der Waals surface area contributed by atoms with Gasteiger partial charge >= 0.3 is 6.03 Å². The number of amides is 3. The number of aromatic nitrogens is 1. The van der Waals surface area contributed by atoms with Crippen molar-refractivity contribution in [2.75, 3.05) is 26.0 Å². The van der Waals surface area contributed by atoms with Crippen LogP contribution in [0.15, 0.2) is 30.5 Å². The van der Waals surface area contributed by atoms with E-state index in [2.05, 4.69) is 41.3 Å². The smallest absolute Gasteiger partial charge is 0.321 e. The van der Waals surface area contributed by atoms with Crippen molar-refractivity contribution in [3.05, 3.63) is 30.5 Å². The summed E-state index contributed by atoms with van der Waals surface area (Å²) in [5, 5.41) is 6.58. The molecule has 2 N–H and O–H groups in total. The van der Waals surface area contributed by atoms with Crippen molar-refractivity contribution in [2.45, 2.75) is 27.3 Å². The normalized spacial score (nSPS) is 12.2. The molecule has 1 atom stereocenters. The van der Waals surface area contributed by atoms with Gasteiger partial charge in [-0.3, -0.25) is 4.79 Å². The van der Waals surface area contributed by atoms with Crippen molar-refractivity contribution in [1.82, 2.24) is 14.8 Å². The molecular weight excluding hydrogens is 316 g/mol. The summed E-state index contributed by atoms with van der Waals surface area (Å²) in [4.78, 5) is 25.4. The van der Waals surface area contributed by atoms with Gasteiger partial charge in [-0.15, -0.1) is 0 Å². The Morgan fingerprint density at radius 2 is 1.92 bits per heavy atom. The Morgan fingerprint density at radius 1 is 1.20 bits per heavy atom. The summed E-state index contributed by atoms with van der Waals surface area (Å²) >= 11 is 0. The standard InChI is InChI=1S/C19H28N4O2/c1-13(2)11-23-9-8-15-10-16(6-7-17(15)23)21-19(25)22(5)12-14(3)18(24)20-4/h6-10,13-14H,11-12H2,1-5H3,(H,20,24)(H,21,25). The van der Waals surface area contributed by atoms with Crippen LogP contribution in [0.2, 0.25) is 0 Å². The quantitative estimate of drug-likeness (QED) is 0.845. The first-order valence-electron chi connectivity index (χ1n) is 8.64. The highest BCUT2D eigenvalue weighted by atomic mass is 16.2. The van der Waals surface area contributed by atoms with Gasteiger partial charge in [-0.05, 0) is 30.2 Å². The molecule has 0 saturated carbocycles. The molecule has 0 bridgehead atoms. The molecule has 0 fully saturated rings. The fourth-order valence-corrected chi connectivity index (χ4v) is 2.87. The lowest BCUT2D eigenvalue weighted by Gasteiger charge is -2.21. The van der Waals surface area contributed by atoms with Crippen LogP contribution < -0.4 is 10.6 Å². The number of hydrogen-bond acceptors (Lipinski definition) is 2. The van der Waals surface area contributed by atoms with Crippen molar-refractivity contribution in [3.8, 4) is 0 Å². The number of hydrogen-bond donors (Lipinski definition) is 2. The van der Waals surface area contributed by atoms with Crippen molar-refractivity contribution in [3.63, 3.8) is 0 Å². The number of carbonyl (C=O) groups is 2. The molecule has 136 valence electrons. The van der Waals surface area contributed by atoms with Crippen LogP contribution in [0.5, 0.6) is 0 Å². The number of fused-ring (bicyclic) bond motifs is 1. The van der Waals surface area contributed by atoms with Gasteiger partial charge in [-0.25, -0.2) is 4.79 Å². The van der Waals surface area contributed by atoms with Crippen molar-refractivity contribution >= 4 is 28.5 Å². The van der Waals surface area contributed by atoms with E-state index in [0.29, 0.717) is 12.5 Å². The first-order valence-corrected chi connectivity index (χ1v) is 8.64. The molecule has 0 saturated heterocycles. The maximum absolute atomic E-state index is 12.3. The van der Waals surface area contributed by atoms with E-state index < -0.39 is 0 Å². The zero-order chi connectivity index (χ0) is 18.6. The van der Waals surface area contributed by atoms with Crippen molar-refractivity contribution in [1.29, 1.82) is 0 Å². The average molecular weight is 344 g/mol. The van der Waals surface area contributed by atoms with Crippen LogP contribution in [0, 0.1) is 11.8 Å². The Bertz CT molecular complexity index is 751. The summed E-state index contributed by atoms with van der Waals surface area (Å²) in [6.07, 6.45) is 2.08. The largest absolute Gasteiger partial charge is 0.359 e. The Kier molecular flexibility index (Phi) is 6.07. The van der Waals surface area contributed by atoms with Gasteiger partial charge in [0.15, 0.2) is 0 Å². The Balaban J connectivity index is 2.04. The molecule has 0 radical (unpaired) electrons. The number of carbonyl (C=O) groups excluding carboxylic acids is 2. The highest BCUT2D eigenvalue weighted by Crippen LogP contribution is 2.21. The first kappa shape index (κ1) is 18.8. The van der Waals surface area contributed by atoms with E-state index in [1.165, 1.54) is 4.90 Å². The fraction of sp³-hybridized carbons (Fsp3) is 0.474. The SMILES string of the molecule is CNC(=O)C(C)CN(C)C(=O)Nc1ccc2c(ccn2CC(C)C)c1. The third kappa shape index (κ3) is 4.75. The number of benzene rings is 1. The highest BCUT2D eigenvalue weighted by Gasteiger charge is 2.17. The summed E-state index contributed by atoms with van der Waals surface area (Å²) < 4.78 is 2.22. The fourth-order valence-electron chi connectivity index (χ4n) is 2.87. The Hall–Kier alpha value is -2.50. The van der Waals surface area contributed by atoms with E-state index in [-0.39, 0.29) is 17.9 Å². The first-order chi connectivity index (χ1) is 11.8. The maximum Gasteiger partial charge on any atom is 0.321 e. The lowest BCUT2D eigenvalue weighted by molar-refractivity contribution is -0.124. The number of nitrogens with one attached hydrogen (secondary N) is 2. The van der Waals surface area contributed by atoms with E-state index in [1.807, 2.05) is 18.2 Å². The number of anilines is 1. The molecule has 0 spiro atoms. The molecule has 3 amide bonds. The zero-order valence-corrected chi connectivity index (χ0v) is 15.7. The maximum atomic E-state index is 12.3. The Labute approximate surface area is 149 Å². The number of rotatable bonds is 6. The number of urea groups is 1. The summed E-state index contributed by atoms with van der Waals surface area (Å²) in [7, 11) is 3.28. The van der Waals surface area contributed by atoms with Crippen LogP contribution in [-0.2, 0) is 11.3 Å². The van der Waals surface area contributed by atoms with Gasteiger partial charge in [0.05, 0.1) is 5.92 Å². The molecule has 0 aliphatic heterocycles. The van der Waals surface area contributed by atoms with Crippen LogP contribution >= 0.6 is 0 Å². The molecule has 0 aliphatic rings. The van der Waals surface area contributed by atoms with E-state index in [0.717, 1.165) is 23.1 Å². The van der Waals surface area contributed by atoms with Gasteiger partial charge in [-0.1, -0.05) is 20.8 Å². The van der Waals surface area contributed by atoms with E-state index in [1.54, 1.807) is 21.0 Å². The molecule has 25 heavy (non-hydrogen) atoms. The minimum atomic E-state index is -0.256. The van der Waals surface area contributed by atoms with Gasteiger partial charge in [0.25, 0.3) is 0 Å². The van der Waals surface area contributed by atoms with E-state index in [9.17, 15) is 9.59 Å². The molecular formula is C19H28N4O2. The molecule has 2 aromatic rings. The summed E-state index contributed by atoms with van der Waals surface area (Å²) in [5.41, 5.74) is 1.91. The van der Waals surface area contributed by atoms with Crippen LogP contribution in [0.1, 0.15) is 20.8 Å². The topological polar surface area (TPSA) is 66.4 Å². The monoisotopic (exact) mass is 344 g/mol. The molecule has 1 aromatic carbocycles. The van der Waals surface area contributed by atoms with Gasteiger partial charge in [0, 0.05) is 50.0 Å². The lowest BCUT2D eigenvalue weighted by Crippen LogP contribution is -2.39. The van der Waals surface area contributed by atoms with Gasteiger partial charge in [-0.2, -0.15) is 0 Å². The summed E-state index contributed by atoms with van der Waals surface area (Å²) in [5.74, 6) is 0.242. The Morgan fingerprint density at radius 3 is 2.56 bits per heavy atom. The zero-order valence-electron chi connectivity index (χ0n) is 15.7. The molecule has 1 heterocycles. The van der Waals surface area contributed by atoms with Gasteiger partial charge in [0.1, 0.15) is 0 Å². The molecule has 6 nitrogen and oxygen atoms in total. The second-order valence-electron chi connectivity index (χ2n) is 6.96. The third-order valence-corrected chi connectivity index (χ3v) is 4.17. The predicted octanol–water partition coefficient (Wildman–Crippen LogP) is 3.14. The molecule has 2 rings (SSSR count). The predicted molar refractivity (Wildman–Crippen MR) is 102 cm³/mol. The van der Waals surface area contributed by atoms with E-state index in [4.69, 9.17) is 0 Å². The molecule has 1 aromatic heterocycles.